The van der Waals surface area contributed by atoms with Gasteiger partial charge in [-0.15, -0.1) is 0 Å². The van der Waals surface area contributed by atoms with Crippen molar-refractivity contribution < 1.29 is 28.6 Å². The van der Waals surface area contributed by atoms with Gasteiger partial charge in [-0.3, -0.25) is 9.59 Å². The van der Waals surface area contributed by atoms with Crippen LogP contribution in [0.15, 0.2) is 34.7 Å². The molecule has 0 fully saturated rings. The summed E-state index contributed by atoms with van der Waals surface area (Å²) in [5.41, 5.74) is 0.409. The van der Waals surface area contributed by atoms with Crippen LogP contribution in [0.4, 0.5) is 5.69 Å². The fraction of sp³-hybridized carbons (Fsp3) is 0.294. The second-order valence-electron chi connectivity index (χ2n) is 5.49. The van der Waals surface area contributed by atoms with Crippen molar-refractivity contribution in [2.45, 2.75) is 13.0 Å². The molecule has 1 aromatic heterocycles. The van der Waals surface area contributed by atoms with Crippen LogP contribution in [0, 0.1) is 6.92 Å². The van der Waals surface area contributed by atoms with Crippen molar-refractivity contribution in [3.05, 3.63) is 41.9 Å². The van der Waals surface area contributed by atoms with Gasteiger partial charge in [0.05, 0.1) is 6.54 Å². The van der Waals surface area contributed by atoms with E-state index in [9.17, 15) is 14.7 Å². The number of nitrogens with one attached hydrogen (secondary N) is 2. The van der Waals surface area contributed by atoms with Crippen LogP contribution >= 0.6 is 0 Å². The lowest BCUT2D eigenvalue weighted by molar-refractivity contribution is -0.136. The highest BCUT2D eigenvalue weighted by Crippen LogP contribution is 2.32. The van der Waals surface area contributed by atoms with Crippen molar-refractivity contribution in [1.82, 2.24) is 5.32 Å². The van der Waals surface area contributed by atoms with Gasteiger partial charge in [-0.25, -0.2) is 0 Å². The zero-order valence-corrected chi connectivity index (χ0v) is 13.6. The topological polar surface area (TPSA) is 110 Å². The Hall–Kier alpha value is -3.00. The molecule has 3 N–H and O–H groups in total. The number of carbonyl (C=O) groups is 2. The molecule has 2 amide bonds. The smallest absolute Gasteiger partial charge is 0.313 e. The number of furan rings is 1. The Morgan fingerprint density at radius 1 is 1.12 bits per heavy atom. The lowest BCUT2D eigenvalue weighted by atomic mass is 10.2. The number of fused-ring (bicyclic) bond motifs is 1. The molecule has 2 aromatic rings. The van der Waals surface area contributed by atoms with Crippen LogP contribution in [0.1, 0.15) is 17.6 Å². The second kappa shape index (κ2) is 7.27. The minimum Gasteiger partial charge on any atom is -0.486 e. The number of hydrogen-bond donors (Lipinski definition) is 3. The van der Waals surface area contributed by atoms with Crippen LogP contribution in [0.2, 0.25) is 0 Å². The maximum Gasteiger partial charge on any atom is 0.313 e. The molecule has 25 heavy (non-hydrogen) atoms. The number of benzene rings is 1. The number of anilines is 1. The van der Waals surface area contributed by atoms with Crippen molar-refractivity contribution in [3.63, 3.8) is 0 Å². The summed E-state index contributed by atoms with van der Waals surface area (Å²) in [7, 11) is 0. The summed E-state index contributed by atoms with van der Waals surface area (Å²) in [6.07, 6.45) is -1.03. The summed E-state index contributed by atoms with van der Waals surface area (Å²) in [6.45, 7) is 2.50. The van der Waals surface area contributed by atoms with E-state index in [1.54, 1.807) is 37.3 Å². The Morgan fingerprint density at radius 2 is 1.88 bits per heavy atom. The molecule has 1 unspecified atom stereocenters. The summed E-state index contributed by atoms with van der Waals surface area (Å²) in [5.74, 6) is 0.358. The van der Waals surface area contributed by atoms with Crippen molar-refractivity contribution >= 4 is 17.5 Å². The Kier molecular flexibility index (Phi) is 4.90. The van der Waals surface area contributed by atoms with Gasteiger partial charge in [0.2, 0.25) is 0 Å². The number of amides is 2. The third-order valence-corrected chi connectivity index (χ3v) is 3.55. The van der Waals surface area contributed by atoms with E-state index in [2.05, 4.69) is 10.6 Å². The first-order valence-corrected chi connectivity index (χ1v) is 7.76. The standard InChI is InChI=1S/C17H18N2O6/c1-10-2-4-13(25-10)12(20)9-18-16(21)17(22)19-11-3-5-14-15(8-11)24-7-6-23-14/h2-5,8,12,20H,6-7,9H2,1H3,(H,18,21)(H,19,22). The highest BCUT2D eigenvalue weighted by molar-refractivity contribution is 6.39. The largest absolute Gasteiger partial charge is 0.486 e. The van der Waals surface area contributed by atoms with E-state index >= 15 is 0 Å². The average Bonchev–Trinajstić information content (AvgIpc) is 3.05. The van der Waals surface area contributed by atoms with E-state index in [0.717, 1.165) is 0 Å². The number of aliphatic hydroxyl groups is 1. The highest BCUT2D eigenvalue weighted by atomic mass is 16.6. The van der Waals surface area contributed by atoms with Crippen LogP contribution in [0.3, 0.4) is 0 Å². The van der Waals surface area contributed by atoms with Crippen molar-refractivity contribution in [2.24, 2.45) is 0 Å². The Morgan fingerprint density at radius 3 is 2.60 bits per heavy atom. The van der Waals surface area contributed by atoms with Gasteiger partial charge in [0.25, 0.3) is 0 Å². The van der Waals surface area contributed by atoms with Gasteiger partial charge in [0, 0.05) is 11.8 Å². The summed E-state index contributed by atoms with van der Waals surface area (Å²) in [5, 5.41) is 14.7. The van der Waals surface area contributed by atoms with E-state index < -0.39 is 17.9 Å². The van der Waals surface area contributed by atoms with Crippen LogP contribution in [0.5, 0.6) is 11.5 Å². The average molecular weight is 346 g/mol. The molecule has 8 heteroatoms. The lowest BCUT2D eigenvalue weighted by Gasteiger charge is -2.19. The first-order chi connectivity index (χ1) is 12.0. The summed E-state index contributed by atoms with van der Waals surface area (Å²) in [4.78, 5) is 23.8. The maximum absolute atomic E-state index is 11.9. The van der Waals surface area contributed by atoms with Crippen LogP contribution in [-0.4, -0.2) is 36.7 Å². The van der Waals surface area contributed by atoms with Gasteiger partial charge in [-0.05, 0) is 31.2 Å². The molecular weight excluding hydrogens is 328 g/mol. The maximum atomic E-state index is 11.9. The Labute approximate surface area is 143 Å². The first-order valence-electron chi connectivity index (χ1n) is 7.76. The molecule has 0 bridgehead atoms. The molecular formula is C17H18N2O6. The molecule has 1 aromatic carbocycles. The third kappa shape index (κ3) is 4.10. The number of aryl methyl sites for hydroxylation is 1. The van der Waals surface area contributed by atoms with Gasteiger partial charge in [0.15, 0.2) is 11.5 Å². The van der Waals surface area contributed by atoms with Crippen LogP contribution < -0.4 is 20.1 Å². The van der Waals surface area contributed by atoms with E-state index in [-0.39, 0.29) is 6.54 Å². The highest BCUT2D eigenvalue weighted by Gasteiger charge is 2.19. The molecule has 8 nitrogen and oxygen atoms in total. The molecule has 1 atom stereocenters. The fourth-order valence-corrected chi connectivity index (χ4v) is 2.31. The van der Waals surface area contributed by atoms with Gasteiger partial charge in [-0.1, -0.05) is 0 Å². The predicted molar refractivity (Wildman–Crippen MR) is 87.5 cm³/mol. The second-order valence-corrected chi connectivity index (χ2v) is 5.49. The zero-order valence-electron chi connectivity index (χ0n) is 13.6. The number of aliphatic hydroxyl groups excluding tert-OH is 1. The monoisotopic (exact) mass is 346 g/mol. The summed E-state index contributed by atoms with van der Waals surface area (Å²) < 4.78 is 16.1. The zero-order chi connectivity index (χ0) is 17.8. The van der Waals surface area contributed by atoms with E-state index in [1.165, 1.54) is 0 Å². The minimum absolute atomic E-state index is 0.139. The van der Waals surface area contributed by atoms with Crippen LogP contribution in [0.25, 0.3) is 0 Å². The fourth-order valence-electron chi connectivity index (χ4n) is 2.31. The molecule has 1 aliphatic rings. The molecule has 0 spiro atoms. The quantitative estimate of drug-likeness (QED) is 0.716. The van der Waals surface area contributed by atoms with Crippen LogP contribution in [-0.2, 0) is 9.59 Å². The Bertz CT molecular complexity index is 785. The third-order valence-electron chi connectivity index (χ3n) is 3.55. The van der Waals surface area contributed by atoms with Gasteiger partial charge in [-0.2, -0.15) is 0 Å². The molecule has 0 saturated carbocycles. The molecule has 2 heterocycles. The SMILES string of the molecule is Cc1ccc(C(O)CNC(=O)C(=O)Nc2ccc3c(c2)OCCO3)o1. The normalized spacial score (nSPS) is 13.8. The molecule has 1 aliphatic heterocycles. The van der Waals surface area contributed by atoms with Gasteiger partial charge in [0.1, 0.15) is 30.8 Å². The molecule has 0 saturated heterocycles. The van der Waals surface area contributed by atoms with Crippen molar-refractivity contribution in [2.75, 3.05) is 25.1 Å². The molecule has 3 rings (SSSR count). The van der Waals surface area contributed by atoms with Crippen molar-refractivity contribution in [1.29, 1.82) is 0 Å². The first kappa shape index (κ1) is 16.8. The number of hydrogen-bond acceptors (Lipinski definition) is 6. The summed E-state index contributed by atoms with van der Waals surface area (Å²) >= 11 is 0. The lowest BCUT2D eigenvalue weighted by Crippen LogP contribution is -2.37. The van der Waals surface area contributed by atoms with E-state index in [1.807, 2.05) is 0 Å². The van der Waals surface area contributed by atoms with Gasteiger partial charge < -0.3 is 29.6 Å². The number of ether oxygens (including phenoxy) is 2. The Balaban J connectivity index is 1.53. The van der Waals surface area contributed by atoms with Gasteiger partial charge >= 0.3 is 11.8 Å². The van der Waals surface area contributed by atoms with Crippen molar-refractivity contribution in [3.8, 4) is 11.5 Å². The van der Waals surface area contributed by atoms with E-state index in [4.69, 9.17) is 13.9 Å². The number of rotatable bonds is 4. The number of carbonyl (C=O) groups excluding carboxylic acids is 2. The van der Waals surface area contributed by atoms with E-state index in [0.29, 0.717) is 41.9 Å². The molecule has 0 aliphatic carbocycles. The molecule has 132 valence electrons. The predicted octanol–water partition coefficient (Wildman–Crippen LogP) is 1.15. The minimum atomic E-state index is -1.03. The summed E-state index contributed by atoms with van der Waals surface area (Å²) in [6, 6.07) is 8.17. The molecule has 0 radical (unpaired) electrons.